The van der Waals surface area contributed by atoms with Gasteiger partial charge in [0, 0.05) is 12.1 Å². The zero-order valence-corrected chi connectivity index (χ0v) is 18.6. The van der Waals surface area contributed by atoms with Gasteiger partial charge in [0.1, 0.15) is 11.6 Å². The van der Waals surface area contributed by atoms with E-state index in [2.05, 4.69) is 25.2 Å². The summed E-state index contributed by atoms with van der Waals surface area (Å²) in [6.45, 7) is 8.40. The summed E-state index contributed by atoms with van der Waals surface area (Å²) in [5, 5.41) is 12.3. The number of aryl methyl sites for hydroxylation is 2. The second-order valence-corrected chi connectivity index (χ2v) is 9.43. The van der Waals surface area contributed by atoms with Crippen molar-refractivity contribution in [3.05, 3.63) is 53.9 Å². The zero-order chi connectivity index (χ0) is 22.2. The van der Waals surface area contributed by atoms with E-state index in [1.54, 1.807) is 28.9 Å². The van der Waals surface area contributed by atoms with Crippen LogP contribution in [0.4, 0.5) is 0 Å². The lowest BCUT2D eigenvalue weighted by atomic mass is 10.1. The third-order valence-corrected chi connectivity index (χ3v) is 6.52. The smallest absolute Gasteiger partial charge is 0.245 e. The summed E-state index contributed by atoms with van der Waals surface area (Å²) in [5.41, 5.74) is 3.35. The van der Waals surface area contributed by atoms with Crippen molar-refractivity contribution in [2.24, 2.45) is 5.92 Å². The summed E-state index contributed by atoms with van der Waals surface area (Å²) in [6.07, 6.45) is 0. The van der Waals surface area contributed by atoms with Gasteiger partial charge in [0.15, 0.2) is 0 Å². The van der Waals surface area contributed by atoms with E-state index < -0.39 is 16.1 Å². The summed E-state index contributed by atoms with van der Waals surface area (Å²) in [4.78, 5) is 4.66. The molecule has 2 aromatic carbocycles. The van der Waals surface area contributed by atoms with Crippen LogP contribution in [-0.4, -0.2) is 33.6 Å². The van der Waals surface area contributed by atoms with E-state index in [0.717, 1.165) is 28.7 Å². The van der Waals surface area contributed by atoms with Crippen molar-refractivity contribution in [2.75, 3.05) is 0 Å². The number of aromatic nitrogens is 5. The minimum absolute atomic E-state index is 0.111. The molecule has 0 bridgehead atoms. The molecule has 10 heteroatoms. The van der Waals surface area contributed by atoms with E-state index in [0.29, 0.717) is 5.82 Å². The van der Waals surface area contributed by atoms with Gasteiger partial charge in [-0.1, -0.05) is 41.9 Å². The first-order valence-electron chi connectivity index (χ1n) is 10.0. The van der Waals surface area contributed by atoms with Gasteiger partial charge < -0.3 is 4.52 Å². The Balaban J connectivity index is 1.63. The minimum atomic E-state index is -3.75. The van der Waals surface area contributed by atoms with E-state index >= 15 is 0 Å². The van der Waals surface area contributed by atoms with Crippen LogP contribution >= 0.6 is 0 Å². The molecule has 0 unspecified atom stereocenters. The van der Waals surface area contributed by atoms with Gasteiger partial charge in [-0.2, -0.15) is 9.71 Å². The van der Waals surface area contributed by atoms with Crippen LogP contribution in [0, 0.1) is 12.8 Å². The Kier molecular flexibility index (Phi) is 5.59. The van der Waals surface area contributed by atoms with Crippen LogP contribution in [0.3, 0.4) is 0 Å². The van der Waals surface area contributed by atoms with E-state index in [1.165, 1.54) is 0 Å². The first kappa shape index (κ1) is 21.1. The fourth-order valence-corrected chi connectivity index (χ4v) is 4.59. The largest absolute Gasteiger partial charge is 0.337 e. The Morgan fingerprint density at radius 3 is 2.55 bits per heavy atom. The molecule has 0 fully saturated rings. The van der Waals surface area contributed by atoms with E-state index in [4.69, 9.17) is 4.52 Å². The molecule has 0 radical (unpaired) electrons. The van der Waals surface area contributed by atoms with Gasteiger partial charge in [0.2, 0.25) is 21.7 Å². The Morgan fingerprint density at radius 1 is 1.13 bits per heavy atom. The number of nitrogens with zero attached hydrogens (tertiary/aromatic N) is 5. The molecule has 1 atom stereocenters. The summed E-state index contributed by atoms with van der Waals surface area (Å²) < 4.78 is 35.7. The minimum Gasteiger partial charge on any atom is -0.337 e. The van der Waals surface area contributed by atoms with E-state index in [1.807, 2.05) is 45.9 Å². The number of hydrogen-bond donors (Lipinski definition) is 1. The Bertz CT molecular complexity index is 1310. The average molecular weight is 441 g/mol. The fourth-order valence-electron chi connectivity index (χ4n) is 3.25. The molecule has 0 aliphatic heterocycles. The molecule has 0 saturated heterocycles. The number of benzene rings is 2. The predicted octanol–water partition coefficient (Wildman–Crippen LogP) is 3.49. The third kappa shape index (κ3) is 4.21. The van der Waals surface area contributed by atoms with Crippen LogP contribution < -0.4 is 4.72 Å². The molecule has 1 N–H and O–H groups in total. The SMILES string of the molecule is CCn1nnc2cc(-c3noc([C@@H](NS(=O)(=O)c4ccc(C)cc4)C(C)C)n3)ccc21. The van der Waals surface area contributed by atoms with Gasteiger partial charge in [0.05, 0.1) is 10.4 Å². The topological polar surface area (TPSA) is 116 Å². The van der Waals surface area contributed by atoms with E-state index in [-0.39, 0.29) is 16.7 Å². The van der Waals surface area contributed by atoms with Gasteiger partial charge in [-0.15, -0.1) is 5.10 Å². The molecule has 0 spiro atoms. The molecule has 0 aliphatic rings. The second kappa shape index (κ2) is 8.20. The van der Waals surface area contributed by atoms with Gasteiger partial charge in [-0.05, 0) is 50.1 Å². The van der Waals surface area contributed by atoms with Crippen molar-refractivity contribution < 1.29 is 12.9 Å². The monoisotopic (exact) mass is 440 g/mol. The van der Waals surface area contributed by atoms with Crippen molar-refractivity contribution in [3.8, 4) is 11.4 Å². The maximum atomic E-state index is 12.9. The average Bonchev–Trinajstić information content (AvgIpc) is 3.38. The molecule has 2 aromatic heterocycles. The second-order valence-electron chi connectivity index (χ2n) is 7.72. The molecule has 4 aromatic rings. The van der Waals surface area contributed by atoms with Gasteiger partial charge in [-0.25, -0.2) is 13.1 Å². The summed E-state index contributed by atoms with van der Waals surface area (Å²) >= 11 is 0. The first-order chi connectivity index (χ1) is 14.8. The number of sulfonamides is 1. The number of fused-ring (bicyclic) bond motifs is 1. The number of rotatable bonds is 7. The molecule has 4 rings (SSSR count). The molecule has 0 amide bonds. The normalized spacial score (nSPS) is 13.2. The van der Waals surface area contributed by atoms with Crippen molar-refractivity contribution in [2.45, 2.75) is 45.2 Å². The Labute approximate surface area is 180 Å². The quantitative estimate of drug-likeness (QED) is 0.468. The summed E-state index contributed by atoms with van der Waals surface area (Å²) in [6, 6.07) is 11.6. The lowest BCUT2D eigenvalue weighted by molar-refractivity contribution is 0.311. The van der Waals surface area contributed by atoms with Crippen molar-refractivity contribution in [1.29, 1.82) is 0 Å². The zero-order valence-electron chi connectivity index (χ0n) is 17.8. The highest BCUT2D eigenvalue weighted by atomic mass is 32.2. The summed E-state index contributed by atoms with van der Waals surface area (Å²) in [5.74, 6) is 0.460. The van der Waals surface area contributed by atoms with E-state index in [9.17, 15) is 8.42 Å². The van der Waals surface area contributed by atoms with Crippen molar-refractivity contribution in [3.63, 3.8) is 0 Å². The maximum Gasteiger partial charge on any atom is 0.245 e. The van der Waals surface area contributed by atoms with Crippen molar-refractivity contribution >= 4 is 21.1 Å². The highest BCUT2D eigenvalue weighted by Crippen LogP contribution is 2.27. The predicted molar refractivity (Wildman–Crippen MR) is 116 cm³/mol. The van der Waals surface area contributed by atoms with Crippen LogP contribution in [-0.2, 0) is 16.6 Å². The van der Waals surface area contributed by atoms with Crippen LogP contribution in [0.2, 0.25) is 0 Å². The Hall–Kier alpha value is -3.11. The van der Waals surface area contributed by atoms with Gasteiger partial charge in [0.25, 0.3) is 0 Å². The van der Waals surface area contributed by atoms with Crippen LogP contribution in [0.1, 0.15) is 38.3 Å². The van der Waals surface area contributed by atoms with Gasteiger partial charge >= 0.3 is 0 Å². The lowest BCUT2D eigenvalue weighted by Gasteiger charge is -2.18. The molecule has 0 saturated carbocycles. The first-order valence-corrected chi connectivity index (χ1v) is 11.5. The Morgan fingerprint density at radius 2 is 1.87 bits per heavy atom. The van der Waals surface area contributed by atoms with Crippen LogP contribution in [0.25, 0.3) is 22.4 Å². The maximum absolute atomic E-state index is 12.9. The lowest BCUT2D eigenvalue weighted by Crippen LogP contribution is -2.32. The van der Waals surface area contributed by atoms with Crippen LogP contribution in [0.15, 0.2) is 51.9 Å². The molecule has 9 nitrogen and oxygen atoms in total. The van der Waals surface area contributed by atoms with Crippen LogP contribution in [0.5, 0.6) is 0 Å². The number of nitrogens with one attached hydrogen (secondary N) is 1. The van der Waals surface area contributed by atoms with Crippen molar-refractivity contribution in [1.82, 2.24) is 29.9 Å². The number of hydrogen-bond acceptors (Lipinski definition) is 7. The summed E-state index contributed by atoms with van der Waals surface area (Å²) in [7, 11) is -3.75. The molecular formula is C21H24N6O3S. The molecule has 31 heavy (non-hydrogen) atoms. The molecule has 162 valence electrons. The van der Waals surface area contributed by atoms with Gasteiger partial charge in [-0.3, -0.25) is 0 Å². The highest BCUT2D eigenvalue weighted by molar-refractivity contribution is 7.89. The fraction of sp³-hybridized carbons (Fsp3) is 0.333. The highest BCUT2D eigenvalue weighted by Gasteiger charge is 2.29. The third-order valence-electron chi connectivity index (χ3n) is 5.06. The molecule has 2 heterocycles. The molecular weight excluding hydrogens is 416 g/mol. The molecule has 0 aliphatic carbocycles. The standard InChI is InChI=1S/C21H24N6O3S/c1-5-27-18-11-8-15(12-17(18)23-26-27)20-22-21(30-24-20)19(13(2)3)25-31(28,29)16-9-6-14(4)7-10-16/h6-13,19,25H,5H2,1-4H3/t19-/m0/s1.